The van der Waals surface area contributed by atoms with E-state index in [0.29, 0.717) is 23.7 Å². The van der Waals surface area contributed by atoms with Crippen LogP contribution in [0.4, 0.5) is 5.69 Å². The Bertz CT molecular complexity index is 826. The molecule has 0 bridgehead atoms. The number of piperidine rings is 1. The van der Waals surface area contributed by atoms with E-state index in [-0.39, 0.29) is 17.7 Å². The molecule has 0 spiro atoms. The van der Waals surface area contributed by atoms with Gasteiger partial charge in [0.1, 0.15) is 0 Å². The number of benzene rings is 2. The van der Waals surface area contributed by atoms with E-state index >= 15 is 0 Å². The quantitative estimate of drug-likeness (QED) is 0.774. The molecule has 0 radical (unpaired) electrons. The van der Waals surface area contributed by atoms with Crippen LogP contribution < -0.4 is 5.32 Å². The smallest absolute Gasteiger partial charge is 0.253 e. The van der Waals surface area contributed by atoms with Gasteiger partial charge in [-0.15, -0.1) is 0 Å². The summed E-state index contributed by atoms with van der Waals surface area (Å²) < 4.78 is 0. The molecule has 5 heteroatoms. The molecule has 1 heterocycles. The maximum atomic E-state index is 13.0. The predicted molar refractivity (Wildman–Crippen MR) is 114 cm³/mol. The lowest BCUT2D eigenvalue weighted by molar-refractivity contribution is -0.121. The minimum absolute atomic E-state index is 0.00389. The van der Waals surface area contributed by atoms with E-state index in [9.17, 15) is 9.59 Å². The number of rotatable bonds is 5. The third kappa shape index (κ3) is 4.56. The topological polar surface area (TPSA) is 49.4 Å². The molecule has 1 aliphatic rings. The monoisotopic (exact) mass is 398 g/mol. The van der Waals surface area contributed by atoms with Crippen molar-refractivity contribution in [2.24, 2.45) is 5.92 Å². The van der Waals surface area contributed by atoms with Gasteiger partial charge in [-0.2, -0.15) is 0 Å². The molecule has 1 aliphatic heterocycles. The summed E-state index contributed by atoms with van der Waals surface area (Å²) in [6, 6.07) is 13.1. The van der Waals surface area contributed by atoms with Gasteiger partial charge in [-0.05, 0) is 61.1 Å². The number of para-hydroxylation sites is 1. The molecule has 1 fully saturated rings. The molecule has 2 aromatic rings. The van der Waals surface area contributed by atoms with Gasteiger partial charge in [0.05, 0.1) is 5.92 Å². The van der Waals surface area contributed by atoms with Gasteiger partial charge in [0.25, 0.3) is 5.91 Å². The Balaban J connectivity index is 1.71. The van der Waals surface area contributed by atoms with Crippen molar-refractivity contribution in [3.8, 4) is 0 Å². The molecule has 1 saturated heterocycles. The van der Waals surface area contributed by atoms with Gasteiger partial charge in [0, 0.05) is 29.4 Å². The highest BCUT2D eigenvalue weighted by Crippen LogP contribution is 2.26. The molecule has 2 amide bonds. The summed E-state index contributed by atoms with van der Waals surface area (Å²) in [6.07, 6.45) is 3.37. The highest BCUT2D eigenvalue weighted by Gasteiger charge is 2.29. The van der Waals surface area contributed by atoms with Crippen LogP contribution in [0.5, 0.6) is 0 Å². The van der Waals surface area contributed by atoms with Crippen molar-refractivity contribution in [1.29, 1.82) is 0 Å². The highest BCUT2D eigenvalue weighted by atomic mass is 35.5. The Morgan fingerprint density at radius 3 is 2.32 bits per heavy atom. The minimum Gasteiger partial charge on any atom is -0.338 e. The first-order valence-electron chi connectivity index (χ1n) is 10.00. The average Bonchev–Trinajstić information content (AvgIpc) is 2.74. The summed E-state index contributed by atoms with van der Waals surface area (Å²) in [5.41, 5.74) is 3.85. The normalized spacial score (nSPS) is 16.7. The molecule has 0 saturated carbocycles. The SMILES string of the molecule is CCc1cccc(CC)c1NC(=O)C1CCCN(C(=O)c2ccc(Cl)cc2)C1. The van der Waals surface area contributed by atoms with Gasteiger partial charge >= 0.3 is 0 Å². The van der Waals surface area contributed by atoms with Gasteiger partial charge in [-0.25, -0.2) is 0 Å². The van der Waals surface area contributed by atoms with Crippen molar-refractivity contribution in [3.05, 3.63) is 64.2 Å². The Morgan fingerprint density at radius 1 is 1.07 bits per heavy atom. The second-order valence-electron chi connectivity index (χ2n) is 7.24. The summed E-state index contributed by atoms with van der Waals surface area (Å²) >= 11 is 5.92. The van der Waals surface area contributed by atoms with Crippen molar-refractivity contribution >= 4 is 29.1 Å². The summed E-state index contributed by atoms with van der Waals surface area (Å²) in [5, 5.41) is 3.77. The second kappa shape index (κ2) is 9.24. The number of nitrogens with zero attached hydrogens (tertiary/aromatic N) is 1. The van der Waals surface area contributed by atoms with E-state index in [1.54, 1.807) is 29.2 Å². The number of anilines is 1. The van der Waals surface area contributed by atoms with Crippen LogP contribution >= 0.6 is 11.6 Å². The van der Waals surface area contributed by atoms with E-state index in [0.717, 1.165) is 42.5 Å². The lowest BCUT2D eigenvalue weighted by atomic mass is 9.95. The van der Waals surface area contributed by atoms with E-state index in [4.69, 9.17) is 11.6 Å². The second-order valence-corrected chi connectivity index (χ2v) is 7.68. The lowest BCUT2D eigenvalue weighted by Gasteiger charge is -2.32. The maximum absolute atomic E-state index is 13.0. The van der Waals surface area contributed by atoms with Crippen LogP contribution in [0, 0.1) is 5.92 Å². The van der Waals surface area contributed by atoms with Crippen molar-refractivity contribution < 1.29 is 9.59 Å². The maximum Gasteiger partial charge on any atom is 0.253 e. The number of hydrogen-bond acceptors (Lipinski definition) is 2. The van der Waals surface area contributed by atoms with E-state index < -0.39 is 0 Å². The van der Waals surface area contributed by atoms with E-state index in [2.05, 4.69) is 31.3 Å². The van der Waals surface area contributed by atoms with Gasteiger partial charge in [-0.3, -0.25) is 9.59 Å². The Hall–Kier alpha value is -2.33. The average molecular weight is 399 g/mol. The first-order chi connectivity index (χ1) is 13.5. The Morgan fingerprint density at radius 2 is 1.71 bits per heavy atom. The summed E-state index contributed by atoms with van der Waals surface area (Å²) in [4.78, 5) is 27.6. The molecular formula is C23H27ClN2O2. The van der Waals surface area contributed by atoms with Gasteiger partial charge in [0.15, 0.2) is 0 Å². The number of hydrogen-bond donors (Lipinski definition) is 1. The number of carbonyl (C=O) groups excluding carboxylic acids is 2. The van der Waals surface area contributed by atoms with Crippen molar-refractivity contribution in [3.63, 3.8) is 0 Å². The van der Waals surface area contributed by atoms with Gasteiger partial charge in [0.2, 0.25) is 5.91 Å². The molecular weight excluding hydrogens is 372 g/mol. The summed E-state index contributed by atoms with van der Waals surface area (Å²) in [6.45, 7) is 5.31. The van der Waals surface area contributed by atoms with Crippen LogP contribution in [-0.4, -0.2) is 29.8 Å². The number of carbonyl (C=O) groups is 2. The van der Waals surface area contributed by atoms with Gasteiger partial charge < -0.3 is 10.2 Å². The van der Waals surface area contributed by atoms with E-state index in [1.165, 1.54) is 0 Å². The number of halogens is 1. The Labute approximate surface area is 171 Å². The first kappa shape index (κ1) is 20.4. The lowest BCUT2D eigenvalue weighted by Crippen LogP contribution is -2.43. The fraction of sp³-hybridized carbons (Fsp3) is 0.391. The zero-order valence-corrected chi connectivity index (χ0v) is 17.3. The third-order valence-electron chi connectivity index (χ3n) is 5.42. The number of aryl methyl sites for hydroxylation is 2. The highest BCUT2D eigenvalue weighted by molar-refractivity contribution is 6.30. The van der Waals surface area contributed by atoms with Crippen molar-refractivity contribution in [2.75, 3.05) is 18.4 Å². The molecule has 1 N–H and O–H groups in total. The molecule has 0 aromatic heterocycles. The number of amides is 2. The molecule has 4 nitrogen and oxygen atoms in total. The first-order valence-corrected chi connectivity index (χ1v) is 10.4. The summed E-state index contributed by atoms with van der Waals surface area (Å²) in [5.74, 6) is -0.235. The fourth-order valence-electron chi connectivity index (χ4n) is 3.78. The largest absolute Gasteiger partial charge is 0.338 e. The fourth-order valence-corrected chi connectivity index (χ4v) is 3.91. The zero-order chi connectivity index (χ0) is 20.1. The van der Waals surface area contributed by atoms with Crippen LogP contribution in [0.3, 0.4) is 0 Å². The molecule has 2 aromatic carbocycles. The van der Waals surface area contributed by atoms with Crippen LogP contribution in [0.1, 0.15) is 48.2 Å². The van der Waals surface area contributed by atoms with Gasteiger partial charge in [-0.1, -0.05) is 43.6 Å². The minimum atomic E-state index is -0.195. The molecule has 3 rings (SSSR count). The van der Waals surface area contributed by atoms with E-state index in [1.807, 2.05) is 6.07 Å². The predicted octanol–water partition coefficient (Wildman–Crippen LogP) is 4.96. The molecule has 1 unspecified atom stereocenters. The third-order valence-corrected chi connectivity index (χ3v) is 5.67. The standard InChI is InChI=1S/C23H27ClN2O2/c1-3-16-7-5-8-17(4-2)21(16)25-22(27)19-9-6-14-26(15-19)23(28)18-10-12-20(24)13-11-18/h5,7-8,10-13,19H,3-4,6,9,14-15H2,1-2H3,(H,25,27). The van der Waals surface area contributed by atoms with Crippen LogP contribution in [0.25, 0.3) is 0 Å². The Kier molecular flexibility index (Phi) is 6.74. The molecule has 28 heavy (non-hydrogen) atoms. The summed E-state index contributed by atoms with van der Waals surface area (Å²) in [7, 11) is 0. The van der Waals surface area contributed by atoms with Crippen LogP contribution in [-0.2, 0) is 17.6 Å². The van der Waals surface area contributed by atoms with Crippen molar-refractivity contribution in [2.45, 2.75) is 39.5 Å². The van der Waals surface area contributed by atoms with Crippen LogP contribution in [0.2, 0.25) is 5.02 Å². The number of likely N-dealkylation sites (tertiary alicyclic amines) is 1. The number of nitrogens with one attached hydrogen (secondary N) is 1. The van der Waals surface area contributed by atoms with Crippen LogP contribution in [0.15, 0.2) is 42.5 Å². The zero-order valence-electron chi connectivity index (χ0n) is 16.5. The molecule has 148 valence electrons. The van der Waals surface area contributed by atoms with Crippen molar-refractivity contribution in [1.82, 2.24) is 4.90 Å². The molecule has 1 atom stereocenters. The molecule has 0 aliphatic carbocycles.